The molecular weight excluding hydrogens is 188 g/mol. The summed E-state index contributed by atoms with van der Waals surface area (Å²) in [6.07, 6.45) is 0. The maximum absolute atomic E-state index is 5.10. The van der Waals surface area contributed by atoms with Crippen LogP contribution in [0.3, 0.4) is 0 Å². The van der Waals surface area contributed by atoms with Gasteiger partial charge < -0.3 is 4.74 Å². The monoisotopic (exact) mass is 200 g/mol. The van der Waals surface area contributed by atoms with Crippen LogP contribution in [0.4, 0.5) is 0 Å². The average molecular weight is 200 g/mol. The summed E-state index contributed by atoms with van der Waals surface area (Å²) in [4.78, 5) is 1.24. The standard InChI is InChI=1S/C9H12OS2/c1-10-8-3-2-4-9(7-8)12-6-5-11/h2-4,7,11H,5-6H2,1H3. The lowest BCUT2D eigenvalue weighted by atomic mass is 10.3. The predicted octanol–water partition coefficient (Wildman–Crippen LogP) is 2.72. The van der Waals surface area contributed by atoms with Crippen LogP contribution < -0.4 is 4.74 Å². The van der Waals surface area contributed by atoms with E-state index < -0.39 is 0 Å². The van der Waals surface area contributed by atoms with E-state index in [1.54, 1.807) is 18.9 Å². The molecule has 0 aliphatic heterocycles. The molecule has 12 heavy (non-hydrogen) atoms. The van der Waals surface area contributed by atoms with E-state index in [1.165, 1.54) is 4.90 Å². The van der Waals surface area contributed by atoms with Crippen molar-refractivity contribution in [2.75, 3.05) is 18.6 Å². The Balaban J connectivity index is 2.60. The highest BCUT2D eigenvalue weighted by molar-refractivity contribution is 8.00. The minimum atomic E-state index is 0.905. The Labute approximate surface area is 82.9 Å². The van der Waals surface area contributed by atoms with Gasteiger partial charge in [0.1, 0.15) is 5.75 Å². The molecule has 0 aromatic heterocycles. The molecule has 0 spiro atoms. The van der Waals surface area contributed by atoms with Gasteiger partial charge in [-0.1, -0.05) is 6.07 Å². The van der Waals surface area contributed by atoms with Crippen molar-refractivity contribution in [3.05, 3.63) is 24.3 Å². The van der Waals surface area contributed by atoms with Gasteiger partial charge in [-0.05, 0) is 24.0 Å². The molecule has 1 aromatic rings. The number of benzene rings is 1. The van der Waals surface area contributed by atoms with Gasteiger partial charge in [0, 0.05) is 10.6 Å². The second-order valence-electron chi connectivity index (χ2n) is 2.25. The Morgan fingerprint density at radius 2 is 2.33 bits per heavy atom. The van der Waals surface area contributed by atoms with Gasteiger partial charge in [0.2, 0.25) is 0 Å². The van der Waals surface area contributed by atoms with E-state index in [9.17, 15) is 0 Å². The van der Waals surface area contributed by atoms with Crippen molar-refractivity contribution in [1.82, 2.24) is 0 Å². The van der Waals surface area contributed by atoms with Gasteiger partial charge in [-0.3, -0.25) is 0 Å². The molecule has 1 rings (SSSR count). The molecule has 3 heteroatoms. The van der Waals surface area contributed by atoms with Crippen LogP contribution in [0, 0.1) is 0 Å². The Hall–Kier alpha value is -0.280. The predicted molar refractivity (Wildman–Crippen MR) is 57.6 cm³/mol. The van der Waals surface area contributed by atoms with E-state index in [-0.39, 0.29) is 0 Å². The summed E-state index contributed by atoms with van der Waals surface area (Å²) in [5.74, 6) is 2.86. The highest BCUT2D eigenvalue weighted by atomic mass is 32.2. The lowest BCUT2D eigenvalue weighted by Crippen LogP contribution is -1.83. The summed E-state index contributed by atoms with van der Waals surface area (Å²) in [7, 11) is 1.68. The van der Waals surface area contributed by atoms with E-state index in [0.29, 0.717) is 0 Å². The number of thioether (sulfide) groups is 1. The lowest BCUT2D eigenvalue weighted by Gasteiger charge is -2.02. The molecule has 0 fully saturated rings. The van der Waals surface area contributed by atoms with Gasteiger partial charge in [0.15, 0.2) is 0 Å². The van der Waals surface area contributed by atoms with Crippen LogP contribution in [0.1, 0.15) is 0 Å². The van der Waals surface area contributed by atoms with E-state index in [2.05, 4.69) is 18.7 Å². The first-order chi connectivity index (χ1) is 5.86. The summed E-state index contributed by atoms with van der Waals surface area (Å²) in [6, 6.07) is 8.06. The first-order valence-electron chi connectivity index (χ1n) is 3.74. The molecule has 0 aliphatic rings. The van der Waals surface area contributed by atoms with Crippen molar-refractivity contribution in [3.63, 3.8) is 0 Å². The van der Waals surface area contributed by atoms with Crippen molar-refractivity contribution in [2.45, 2.75) is 4.90 Å². The van der Waals surface area contributed by atoms with Gasteiger partial charge in [-0.25, -0.2) is 0 Å². The van der Waals surface area contributed by atoms with Crippen LogP contribution in [0.2, 0.25) is 0 Å². The van der Waals surface area contributed by atoms with Crippen LogP contribution in [0.15, 0.2) is 29.2 Å². The Kier molecular flexibility index (Phi) is 4.40. The van der Waals surface area contributed by atoms with Gasteiger partial charge >= 0.3 is 0 Å². The minimum absolute atomic E-state index is 0.905. The molecular formula is C9H12OS2. The molecule has 1 nitrogen and oxygen atoms in total. The third kappa shape index (κ3) is 2.99. The zero-order valence-electron chi connectivity index (χ0n) is 6.99. The first kappa shape index (κ1) is 9.81. The largest absolute Gasteiger partial charge is 0.497 e. The molecule has 0 saturated heterocycles. The van der Waals surface area contributed by atoms with Crippen molar-refractivity contribution in [3.8, 4) is 5.75 Å². The summed E-state index contributed by atoms with van der Waals surface area (Å²) in [5, 5.41) is 0. The van der Waals surface area contributed by atoms with Crippen LogP contribution in [-0.2, 0) is 0 Å². The zero-order valence-corrected chi connectivity index (χ0v) is 8.70. The third-order valence-corrected chi connectivity index (χ3v) is 2.92. The number of rotatable bonds is 4. The average Bonchev–Trinajstić information content (AvgIpc) is 2.15. The molecule has 0 bridgehead atoms. The minimum Gasteiger partial charge on any atom is -0.497 e. The van der Waals surface area contributed by atoms with E-state index >= 15 is 0 Å². The SMILES string of the molecule is COc1cccc(SCCS)c1. The zero-order chi connectivity index (χ0) is 8.81. The molecule has 0 amide bonds. The smallest absolute Gasteiger partial charge is 0.119 e. The summed E-state index contributed by atoms with van der Waals surface area (Å²) < 4.78 is 5.10. The maximum atomic E-state index is 5.10. The summed E-state index contributed by atoms with van der Waals surface area (Å²) in [6.45, 7) is 0. The molecule has 66 valence electrons. The number of ether oxygens (including phenoxy) is 1. The summed E-state index contributed by atoms with van der Waals surface area (Å²) >= 11 is 5.94. The van der Waals surface area contributed by atoms with Gasteiger partial charge in [-0.15, -0.1) is 11.8 Å². The van der Waals surface area contributed by atoms with E-state index in [4.69, 9.17) is 4.74 Å². The van der Waals surface area contributed by atoms with Crippen molar-refractivity contribution >= 4 is 24.4 Å². The van der Waals surface area contributed by atoms with Crippen molar-refractivity contribution in [1.29, 1.82) is 0 Å². The molecule has 1 aromatic carbocycles. The highest BCUT2D eigenvalue weighted by Gasteiger charge is 1.94. The van der Waals surface area contributed by atoms with Crippen LogP contribution in [0.5, 0.6) is 5.75 Å². The molecule has 0 heterocycles. The Morgan fingerprint density at radius 1 is 1.50 bits per heavy atom. The van der Waals surface area contributed by atoms with Crippen LogP contribution in [0.25, 0.3) is 0 Å². The maximum Gasteiger partial charge on any atom is 0.119 e. The van der Waals surface area contributed by atoms with Gasteiger partial charge in [0.05, 0.1) is 7.11 Å². The normalized spacial score (nSPS) is 9.83. The second-order valence-corrected chi connectivity index (χ2v) is 3.87. The van der Waals surface area contributed by atoms with Crippen LogP contribution >= 0.6 is 24.4 Å². The van der Waals surface area contributed by atoms with Gasteiger partial charge in [0.25, 0.3) is 0 Å². The van der Waals surface area contributed by atoms with E-state index in [1.807, 2.05) is 18.2 Å². The van der Waals surface area contributed by atoms with Crippen molar-refractivity contribution < 1.29 is 4.74 Å². The third-order valence-electron chi connectivity index (χ3n) is 1.40. The molecule has 0 saturated carbocycles. The first-order valence-corrected chi connectivity index (χ1v) is 5.36. The van der Waals surface area contributed by atoms with Gasteiger partial charge in [-0.2, -0.15) is 12.6 Å². The second kappa shape index (κ2) is 5.38. The lowest BCUT2D eigenvalue weighted by molar-refractivity contribution is 0.413. The Morgan fingerprint density at radius 3 is 3.00 bits per heavy atom. The van der Waals surface area contributed by atoms with Crippen molar-refractivity contribution in [2.24, 2.45) is 0 Å². The van der Waals surface area contributed by atoms with E-state index in [0.717, 1.165) is 17.3 Å². The molecule has 0 unspecified atom stereocenters. The summed E-state index contributed by atoms with van der Waals surface area (Å²) in [5.41, 5.74) is 0. The van der Waals surface area contributed by atoms with Crippen LogP contribution in [-0.4, -0.2) is 18.6 Å². The molecule has 0 N–H and O–H groups in total. The molecule has 0 aliphatic carbocycles. The topological polar surface area (TPSA) is 9.23 Å². The number of thiol groups is 1. The number of methoxy groups -OCH3 is 1. The Bertz CT molecular complexity index is 238. The fraction of sp³-hybridized carbons (Fsp3) is 0.333. The fourth-order valence-electron chi connectivity index (χ4n) is 0.854. The fourth-order valence-corrected chi connectivity index (χ4v) is 1.83. The molecule has 0 radical (unpaired) electrons. The number of hydrogen-bond donors (Lipinski definition) is 1. The highest BCUT2D eigenvalue weighted by Crippen LogP contribution is 2.22. The number of hydrogen-bond acceptors (Lipinski definition) is 3. The quantitative estimate of drug-likeness (QED) is 0.591. The molecule has 0 atom stereocenters.